The van der Waals surface area contributed by atoms with Gasteiger partial charge in [0.15, 0.2) is 9.84 Å². The maximum Gasteiger partial charge on any atom is 0.158 e. The third kappa shape index (κ3) is 2.78. The van der Waals surface area contributed by atoms with Crippen molar-refractivity contribution in [2.24, 2.45) is 5.73 Å². The number of nitriles is 1. The van der Waals surface area contributed by atoms with Gasteiger partial charge in [0.05, 0.1) is 11.0 Å². The molecule has 1 atom stereocenters. The van der Waals surface area contributed by atoms with Crippen LogP contribution >= 0.6 is 0 Å². The van der Waals surface area contributed by atoms with Crippen molar-refractivity contribution in [2.45, 2.75) is 17.9 Å². The Balaban J connectivity index is 3.02. The smallest absolute Gasteiger partial charge is 0.158 e. The molecule has 2 N–H and O–H groups in total. The SMILES string of the molecule is CC(CN)S(=O)(=O)Cc1cccnc1C#N. The van der Waals surface area contributed by atoms with Crippen LogP contribution in [0.3, 0.4) is 0 Å². The van der Waals surface area contributed by atoms with Crippen LogP contribution in [0.25, 0.3) is 0 Å². The number of nitrogens with two attached hydrogens (primary N) is 1. The second-order valence-corrected chi connectivity index (χ2v) is 5.90. The van der Waals surface area contributed by atoms with Gasteiger partial charge in [0.1, 0.15) is 11.8 Å². The molecule has 0 radical (unpaired) electrons. The molecule has 0 spiro atoms. The van der Waals surface area contributed by atoms with Gasteiger partial charge in [0, 0.05) is 18.3 Å². The van der Waals surface area contributed by atoms with Gasteiger partial charge in [-0.05, 0) is 13.0 Å². The Labute approximate surface area is 94.8 Å². The van der Waals surface area contributed by atoms with Crippen LogP contribution < -0.4 is 5.73 Å². The number of hydrogen-bond acceptors (Lipinski definition) is 5. The number of aromatic nitrogens is 1. The average Bonchev–Trinajstić information content (AvgIpc) is 2.28. The molecule has 1 aromatic heterocycles. The highest BCUT2D eigenvalue weighted by Gasteiger charge is 2.21. The van der Waals surface area contributed by atoms with E-state index in [4.69, 9.17) is 11.0 Å². The lowest BCUT2D eigenvalue weighted by atomic mass is 10.2. The number of sulfone groups is 1. The summed E-state index contributed by atoms with van der Waals surface area (Å²) in [7, 11) is -3.31. The van der Waals surface area contributed by atoms with Gasteiger partial charge in [-0.15, -0.1) is 0 Å². The summed E-state index contributed by atoms with van der Waals surface area (Å²) < 4.78 is 23.6. The van der Waals surface area contributed by atoms with Crippen LogP contribution in [0, 0.1) is 11.3 Å². The molecule has 0 aliphatic carbocycles. The van der Waals surface area contributed by atoms with Gasteiger partial charge < -0.3 is 5.73 Å². The van der Waals surface area contributed by atoms with Crippen molar-refractivity contribution in [3.8, 4) is 6.07 Å². The molecule has 0 saturated heterocycles. The quantitative estimate of drug-likeness (QED) is 0.810. The molecule has 0 aromatic carbocycles. The lowest BCUT2D eigenvalue weighted by molar-refractivity contribution is 0.583. The molecule has 16 heavy (non-hydrogen) atoms. The van der Waals surface area contributed by atoms with Gasteiger partial charge in [0.25, 0.3) is 0 Å². The number of rotatable bonds is 4. The predicted octanol–water partition coefficient (Wildman–Crippen LogP) is 0.215. The lowest BCUT2D eigenvalue weighted by Crippen LogP contribution is -2.28. The zero-order valence-electron chi connectivity index (χ0n) is 8.92. The normalized spacial score (nSPS) is 13.1. The fourth-order valence-corrected chi connectivity index (χ4v) is 2.41. The fourth-order valence-electron chi connectivity index (χ4n) is 1.16. The molecule has 0 bridgehead atoms. The Morgan fingerprint density at radius 1 is 1.62 bits per heavy atom. The van der Waals surface area contributed by atoms with Crippen molar-refractivity contribution < 1.29 is 8.42 Å². The highest BCUT2D eigenvalue weighted by atomic mass is 32.2. The Morgan fingerprint density at radius 2 is 2.31 bits per heavy atom. The van der Waals surface area contributed by atoms with Crippen LogP contribution in [0.1, 0.15) is 18.2 Å². The van der Waals surface area contributed by atoms with Gasteiger partial charge in [-0.2, -0.15) is 5.26 Å². The summed E-state index contributed by atoms with van der Waals surface area (Å²) in [5.41, 5.74) is 5.89. The highest BCUT2D eigenvalue weighted by Crippen LogP contribution is 2.12. The van der Waals surface area contributed by atoms with E-state index in [1.165, 1.54) is 6.20 Å². The molecule has 0 fully saturated rings. The van der Waals surface area contributed by atoms with E-state index in [2.05, 4.69) is 4.98 Å². The second kappa shape index (κ2) is 5.05. The first-order valence-corrected chi connectivity index (χ1v) is 6.48. The number of nitrogens with zero attached hydrogens (tertiary/aromatic N) is 2. The van der Waals surface area contributed by atoms with Gasteiger partial charge >= 0.3 is 0 Å². The summed E-state index contributed by atoms with van der Waals surface area (Å²) in [5, 5.41) is 8.17. The van der Waals surface area contributed by atoms with E-state index in [1.54, 1.807) is 19.1 Å². The van der Waals surface area contributed by atoms with Gasteiger partial charge in [-0.25, -0.2) is 13.4 Å². The molecule has 0 saturated carbocycles. The van der Waals surface area contributed by atoms with E-state index in [0.29, 0.717) is 5.56 Å². The first kappa shape index (κ1) is 12.6. The summed E-state index contributed by atoms with van der Waals surface area (Å²) in [6, 6.07) is 5.07. The Bertz CT molecular complexity index is 505. The second-order valence-electron chi connectivity index (χ2n) is 3.48. The van der Waals surface area contributed by atoms with Crippen molar-refractivity contribution in [3.05, 3.63) is 29.6 Å². The minimum atomic E-state index is -3.31. The summed E-state index contributed by atoms with van der Waals surface area (Å²) in [4.78, 5) is 3.81. The van der Waals surface area contributed by atoms with Crippen LogP contribution in [-0.2, 0) is 15.6 Å². The van der Waals surface area contributed by atoms with E-state index >= 15 is 0 Å². The van der Waals surface area contributed by atoms with E-state index in [9.17, 15) is 8.42 Å². The fraction of sp³-hybridized carbons (Fsp3) is 0.400. The molecule has 5 nitrogen and oxygen atoms in total. The standard InChI is InChI=1S/C10H13N3O2S/c1-8(5-11)16(14,15)7-9-3-2-4-13-10(9)6-12/h2-4,8H,5,7,11H2,1H3. The predicted molar refractivity (Wildman–Crippen MR) is 60.1 cm³/mol. The maximum absolute atomic E-state index is 11.8. The summed E-state index contributed by atoms with van der Waals surface area (Å²) >= 11 is 0. The number of pyridine rings is 1. The average molecular weight is 239 g/mol. The third-order valence-corrected chi connectivity index (χ3v) is 4.43. The van der Waals surface area contributed by atoms with Crippen molar-refractivity contribution in [2.75, 3.05) is 6.54 Å². The van der Waals surface area contributed by atoms with Gasteiger partial charge in [0.2, 0.25) is 0 Å². The molecule has 1 rings (SSSR count). The molecule has 0 aliphatic heterocycles. The Morgan fingerprint density at radius 3 is 2.88 bits per heavy atom. The van der Waals surface area contributed by atoms with E-state index in [1.807, 2.05) is 6.07 Å². The van der Waals surface area contributed by atoms with E-state index in [-0.39, 0.29) is 18.0 Å². The third-order valence-electron chi connectivity index (χ3n) is 2.30. The monoisotopic (exact) mass is 239 g/mol. The van der Waals surface area contributed by atoms with Crippen LogP contribution in [0.15, 0.2) is 18.3 Å². The Hall–Kier alpha value is -1.45. The topological polar surface area (TPSA) is 96.8 Å². The molecule has 1 aromatic rings. The highest BCUT2D eigenvalue weighted by molar-refractivity contribution is 7.91. The molecular weight excluding hydrogens is 226 g/mol. The van der Waals surface area contributed by atoms with Crippen molar-refractivity contribution in [1.29, 1.82) is 5.26 Å². The zero-order valence-corrected chi connectivity index (χ0v) is 9.74. The molecule has 6 heteroatoms. The van der Waals surface area contributed by atoms with Crippen LogP contribution in [0.5, 0.6) is 0 Å². The van der Waals surface area contributed by atoms with Gasteiger partial charge in [-0.3, -0.25) is 0 Å². The van der Waals surface area contributed by atoms with Crippen molar-refractivity contribution >= 4 is 9.84 Å². The molecule has 0 aliphatic rings. The lowest BCUT2D eigenvalue weighted by Gasteiger charge is -2.10. The summed E-state index contributed by atoms with van der Waals surface area (Å²) in [5.74, 6) is -0.192. The minimum Gasteiger partial charge on any atom is -0.329 e. The Kier molecular flexibility index (Phi) is 3.99. The van der Waals surface area contributed by atoms with Crippen molar-refractivity contribution in [3.63, 3.8) is 0 Å². The first-order valence-electron chi connectivity index (χ1n) is 4.77. The number of hydrogen-bond donors (Lipinski definition) is 1. The minimum absolute atomic E-state index is 0.0739. The first-order chi connectivity index (χ1) is 7.51. The van der Waals surface area contributed by atoms with Crippen LogP contribution in [-0.4, -0.2) is 25.2 Å². The van der Waals surface area contributed by atoms with Crippen molar-refractivity contribution in [1.82, 2.24) is 4.98 Å². The molecule has 1 unspecified atom stereocenters. The zero-order chi connectivity index (χ0) is 12.2. The maximum atomic E-state index is 11.8. The molecule has 1 heterocycles. The summed E-state index contributed by atoms with van der Waals surface area (Å²) in [6.45, 7) is 1.63. The van der Waals surface area contributed by atoms with E-state index < -0.39 is 15.1 Å². The molecular formula is C10H13N3O2S. The van der Waals surface area contributed by atoms with Crippen LogP contribution in [0.2, 0.25) is 0 Å². The van der Waals surface area contributed by atoms with Crippen LogP contribution in [0.4, 0.5) is 0 Å². The van der Waals surface area contributed by atoms with E-state index in [0.717, 1.165) is 0 Å². The molecule has 0 amide bonds. The summed E-state index contributed by atoms with van der Waals surface area (Å²) in [6.07, 6.45) is 1.46. The largest absolute Gasteiger partial charge is 0.329 e. The van der Waals surface area contributed by atoms with Gasteiger partial charge in [-0.1, -0.05) is 6.07 Å². The molecule has 86 valence electrons.